The zero-order chi connectivity index (χ0) is 16.8. The van der Waals surface area contributed by atoms with Crippen molar-refractivity contribution in [2.45, 2.75) is 38.3 Å². The van der Waals surface area contributed by atoms with Crippen LogP contribution in [0.25, 0.3) is 10.9 Å². The number of hydrogen-bond acceptors (Lipinski definition) is 3. The van der Waals surface area contributed by atoms with E-state index in [1.165, 1.54) is 0 Å². The number of para-hydroxylation sites is 1. The maximum atomic E-state index is 11.9. The van der Waals surface area contributed by atoms with E-state index in [1.807, 2.05) is 31.2 Å². The highest BCUT2D eigenvalue weighted by molar-refractivity contribution is 5.86. The average molecular weight is 318 g/mol. The van der Waals surface area contributed by atoms with E-state index in [0.29, 0.717) is 6.42 Å². The Morgan fingerprint density at radius 2 is 2.09 bits per heavy atom. The Morgan fingerprint density at radius 3 is 2.78 bits per heavy atom. The lowest BCUT2D eigenvalue weighted by molar-refractivity contribution is -0.141. The normalized spacial score (nSPS) is 13.7. The molecule has 3 N–H and O–H groups in total. The number of hydrogen-bond donors (Lipinski definition) is 3. The molecule has 0 aliphatic rings. The Labute approximate surface area is 134 Å². The van der Waals surface area contributed by atoms with E-state index in [1.54, 1.807) is 13.3 Å². The van der Waals surface area contributed by atoms with E-state index in [2.05, 4.69) is 10.3 Å². The molecule has 1 amide bonds. The predicted octanol–water partition coefficient (Wildman–Crippen LogP) is 2.09. The first-order chi connectivity index (χ1) is 11.0. The maximum absolute atomic E-state index is 11.9. The number of fused-ring (bicyclic) bond motifs is 1. The topological polar surface area (TPSA) is 91.4 Å². The van der Waals surface area contributed by atoms with Crippen molar-refractivity contribution >= 4 is 22.8 Å². The maximum Gasteiger partial charge on any atom is 0.326 e. The molecule has 6 heteroatoms. The third-order valence-electron chi connectivity index (χ3n) is 3.91. The minimum atomic E-state index is -1.04. The van der Waals surface area contributed by atoms with Gasteiger partial charge in [0.25, 0.3) is 0 Å². The molecule has 6 nitrogen and oxygen atoms in total. The molecular weight excluding hydrogens is 296 g/mol. The Hall–Kier alpha value is -2.34. The first-order valence-electron chi connectivity index (χ1n) is 7.61. The first-order valence-corrected chi connectivity index (χ1v) is 7.61. The molecule has 0 spiro atoms. The first kappa shape index (κ1) is 17.0. The summed E-state index contributed by atoms with van der Waals surface area (Å²) in [7, 11) is 1.58. The number of nitrogens with one attached hydrogen (secondary N) is 2. The van der Waals surface area contributed by atoms with Crippen molar-refractivity contribution < 1.29 is 19.4 Å². The molecule has 1 heterocycles. The van der Waals surface area contributed by atoms with E-state index in [9.17, 15) is 14.7 Å². The summed E-state index contributed by atoms with van der Waals surface area (Å²) >= 11 is 0. The molecule has 0 saturated heterocycles. The number of methoxy groups -OCH3 is 1. The molecule has 124 valence electrons. The lowest BCUT2D eigenvalue weighted by Gasteiger charge is -2.15. The number of carboxylic acid groups (broad SMARTS) is 1. The number of H-pyrrole nitrogens is 1. The van der Waals surface area contributed by atoms with Gasteiger partial charge in [0, 0.05) is 37.1 Å². The van der Waals surface area contributed by atoms with Crippen LogP contribution < -0.4 is 5.32 Å². The molecule has 0 bridgehead atoms. The van der Waals surface area contributed by atoms with Crippen molar-refractivity contribution in [3.8, 4) is 0 Å². The van der Waals surface area contributed by atoms with Crippen LogP contribution in [0.4, 0.5) is 0 Å². The second-order valence-corrected chi connectivity index (χ2v) is 5.61. The van der Waals surface area contributed by atoms with Crippen LogP contribution in [0.1, 0.15) is 25.3 Å². The Morgan fingerprint density at radius 1 is 1.35 bits per heavy atom. The SMILES string of the molecule is COC(C)CCC(=O)NC(Cc1c[nH]c2ccccc12)C(=O)O. The van der Waals surface area contributed by atoms with Crippen molar-refractivity contribution in [2.75, 3.05) is 7.11 Å². The highest BCUT2D eigenvalue weighted by Crippen LogP contribution is 2.19. The number of aliphatic carboxylic acids is 1. The van der Waals surface area contributed by atoms with Crippen LogP contribution in [-0.4, -0.2) is 41.2 Å². The molecule has 1 aromatic heterocycles. The molecule has 2 atom stereocenters. The van der Waals surface area contributed by atoms with Crippen LogP contribution in [0.3, 0.4) is 0 Å². The second-order valence-electron chi connectivity index (χ2n) is 5.61. The fraction of sp³-hybridized carbons (Fsp3) is 0.412. The smallest absolute Gasteiger partial charge is 0.326 e. The largest absolute Gasteiger partial charge is 0.480 e. The van der Waals surface area contributed by atoms with E-state index in [-0.39, 0.29) is 24.9 Å². The van der Waals surface area contributed by atoms with E-state index in [4.69, 9.17) is 4.74 Å². The van der Waals surface area contributed by atoms with Gasteiger partial charge in [-0.1, -0.05) is 18.2 Å². The number of carbonyl (C=O) groups excluding carboxylic acids is 1. The van der Waals surface area contributed by atoms with E-state index >= 15 is 0 Å². The molecule has 0 aliphatic heterocycles. The number of amides is 1. The number of ether oxygens (including phenoxy) is 1. The monoisotopic (exact) mass is 318 g/mol. The van der Waals surface area contributed by atoms with Gasteiger partial charge in [-0.3, -0.25) is 4.79 Å². The third-order valence-corrected chi connectivity index (χ3v) is 3.91. The number of carboxylic acids is 1. The summed E-state index contributed by atoms with van der Waals surface area (Å²) < 4.78 is 5.09. The number of benzene rings is 1. The Kier molecular flexibility index (Phi) is 5.76. The standard InChI is InChI=1S/C17H22N2O4/c1-11(23-2)7-8-16(20)19-15(17(21)22)9-12-10-18-14-6-4-3-5-13(12)14/h3-6,10-11,15,18H,7-9H2,1-2H3,(H,19,20)(H,21,22). The molecule has 1 aromatic carbocycles. The second kappa shape index (κ2) is 7.78. The van der Waals surface area contributed by atoms with Gasteiger partial charge in [0.15, 0.2) is 0 Å². The van der Waals surface area contributed by atoms with Crippen LogP contribution in [-0.2, 0) is 20.7 Å². The van der Waals surface area contributed by atoms with Gasteiger partial charge in [0.1, 0.15) is 6.04 Å². The van der Waals surface area contributed by atoms with Gasteiger partial charge < -0.3 is 20.1 Å². The van der Waals surface area contributed by atoms with Crippen LogP contribution in [0.2, 0.25) is 0 Å². The van der Waals surface area contributed by atoms with Crippen molar-refractivity contribution in [2.24, 2.45) is 0 Å². The molecular formula is C17H22N2O4. The molecule has 2 aromatic rings. The van der Waals surface area contributed by atoms with E-state index in [0.717, 1.165) is 16.5 Å². The zero-order valence-electron chi connectivity index (χ0n) is 13.3. The summed E-state index contributed by atoms with van der Waals surface area (Å²) in [4.78, 5) is 26.5. The molecule has 23 heavy (non-hydrogen) atoms. The number of aromatic nitrogens is 1. The summed E-state index contributed by atoms with van der Waals surface area (Å²) in [5, 5.41) is 12.9. The van der Waals surface area contributed by atoms with Crippen LogP contribution >= 0.6 is 0 Å². The summed E-state index contributed by atoms with van der Waals surface area (Å²) in [6.07, 6.45) is 2.80. The molecule has 2 unspecified atom stereocenters. The zero-order valence-corrected chi connectivity index (χ0v) is 13.3. The van der Waals surface area contributed by atoms with Gasteiger partial charge in [-0.25, -0.2) is 4.79 Å². The highest BCUT2D eigenvalue weighted by Gasteiger charge is 2.22. The lowest BCUT2D eigenvalue weighted by Crippen LogP contribution is -2.42. The van der Waals surface area contributed by atoms with Gasteiger partial charge in [-0.05, 0) is 25.0 Å². The summed E-state index contributed by atoms with van der Waals surface area (Å²) in [5.74, 6) is -1.32. The number of carbonyl (C=O) groups is 2. The molecule has 0 radical (unpaired) electrons. The third kappa shape index (κ3) is 4.56. The molecule has 0 fully saturated rings. The van der Waals surface area contributed by atoms with Crippen molar-refractivity contribution in [1.29, 1.82) is 0 Å². The highest BCUT2D eigenvalue weighted by atomic mass is 16.5. The number of rotatable bonds is 8. The van der Waals surface area contributed by atoms with Gasteiger partial charge in [0.2, 0.25) is 5.91 Å². The van der Waals surface area contributed by atoms with E-state index < -0.39 is 12.0 Å². The minimum absolute atomic E-state index is 0.0300. The Balaban J connectivity index is 2.01. The van der Waals surface area contributed by atoms with Crippen LogP contribution in [0.5, 0.6) is 0 Å². The van der Waals surface area contributed by atoms with Crippen LogP contribution in [0, 0.1) is 0 Å². The van der Waals surface area contributed by atoms with Gasteiger partial charge >= 0.3 is 5.97 Å². The van der Waals surface area contributed by atoms with Gasteiger partial charge in [-0.15, -0.1) is 0 Å². The molecule has 2 rings (SSSR count). The van der Waals surface area contributed by atoms with Crippen molar-refractivity contribution in [3.05, 3.63) is 36.0 Å². The summed E-state index contributed by atoms with van der Waals surface area (Å²) in [6.45, 7) is 1.87. The minimum Gasteiger partial charge on any atom is -0.480 e. The average Bonchev–Trinajstić information content (AvgIpc) is 2.95. The molecule has 0 saturated carbocycles. The summed E-state index contributed by atoms with van der Waals surface area (Å²) in [6, 6.07) is 6.73. The molecule has 0 aliphatic carbocycles. The van der Waals surface area contributed by atoms with Crippen molar-refractivity contribution in [3.63, 3.8) is 0 Å². The van der Waals surface area contributed by atoms with Gasteiger partial charge in [0.05, 0.1) is 6.10 Å². The van der Waals surface area contributed by atoms with Crippen molar-refractivity contribution in [1.82, 2.24) is 10.3 Å². The quantitative estimate of drug-likeness (QED) is 0.695. The fourth-order valence-corrected chi connectivity index (χ4v) is 2.44. The summed E-state index contributed by atoms with van der Waals surface area (Å²) in [5.41, 5.74) is 1.82. The van der Waals surface area contributed by atoms with Gasteiger partial charge in [-0.2, -0.15) is 0 Å². The Bertz CT molecular complexity index is 680. The van der Waals surface area contributed by atoms with Crippen LogP contribution in [0.15, 0.2) is 30.5 Å². The number of aromatic amines is 1. The predicted molar refractivity (Wildman–Crippen MR) is 87.3 cm³/mol. The lowest BCUT2D eigenvalue weighted by atomic mass is 10.0. The fourth-order valence-electron chi connectivity index (χ4n) is 2.44.